The van der Waals surface area contributed by atoms with Crippen LogP contribution in [0.1, 0.15) is 29.7 Å². The minimum atomic E-state index is -0.450. The van der Waals surface area contributed by atoms with Gasteiger partial charge < -0.3 is 16.0 Å². The van der Waals surface area contributed by atoms with Gasteiger partial charge in [0.15, 0.2) is 5.11 Å². The number of halogens is 1. The highest BCUT2D eigenvalue weighted by molar-refractivity contribution is 7.80. The summed E-state index contributed by atoms with van der Waals surface area (Å²) in [5, 5.41) is 9.52. The molecule has 2 aromatic rings. The first-order valence-corrected chi connectivity index (χ1v) is 8.68. The van der Waals surface area contributed by atoms with Crippen molar-refractivity contribution in [2.24, 2.45) is 0 Å². The maximum absolute atomic E-state index is 13.3. The van der Waals surface area contributed by atoms with Gasteiger partial charge in [-0.2, -0.15) is 0 Å². The lowest BCUT2D eigenvalue weighted by atomic mass is 9.94. The molecule has 1 amide bonds. The number of nitrogens with one attached hydrogen (secondary N) is 3. The molecule has 1 aliphatic rings. The van der Waals surface area contributed by atoms with Crippen LogP contribution < -0.4 is 16.0 Å². The molecule has 0 saturated carbocycles. The molecule has 6 heteroatoms. The van der Waals surface area contributed by atoms with Gasteiger partial charge in [0, 0.05) is 11.4 Å². The fourth-order valence-electron chi connectivity index (χ4n) is 2.96. The van der Waals surface area contributed by atoms with Crippen molar-refractivity contribution in [3.8, 4) is 0 Å². The lowest BCUT2D eigenvalue weighted by molar-refractivity contribution is -0.113. The Balaban J connectivity index is 1.96. The largest absolute Gasteiger partial charge is 0.351 e. The molecule has 1 heterocycles. The Morgan fingerprint density at radius 3 is 2.50 bits per heavy atom. The smallest absolute Gasteiger partial charge is 0.255 e. The van der Waals surface area contributed by atoms with Gasteiger partial charge >= 0.3 is 0 Å². The van der Waals surface area contributed by atoms with Crippen LogP contribution in [0.5, 0.6) is 0 Å². The Labute approximate surface area is 157 Å². The SMILES string of the molecule is CC1=C(C(=O)Nc2cc(C)ccc2C)C(c2ccc(F)cc2)NC(=S)N1. The summed E-state index contributed by atoms with van der Waals surface area (Å²) in [5.74, 6) is -0.555. The number of aryl methyl sites for hydroxylation is 2. The van der Waals surface area contributed by atoms with Gasteiger partial charge in [-0.15, -0.1) is 0 Å². The zero-order chi connectivity index (χ0) is 18.8. The average molecular weight is 369 g/mol. The highest BCUT2D eigenvalue weighted by atomic mass is 32.1. The van der Waals surface area contributed by atoms with E-state index in [1.165, 1.54) is 12.1 Å². The highest BCUT2D eigenvalue weighted by Gasteiger charge is 2.30. The molecule has 1 atom stereocenters. The molecule has 0 fully saturated rings. The Hall–Kier alpha value is -2.73. The number of allylic oxidation sites excluding steroid dienone is 1. The molecule has 3 rings (SSSR count). The number of rotatable bonds is 3. The number of thiocarbonyl (C=S) groups is 1. The molecule has 26 heavy (non-hydrogen) atoms. The number of hydrogen-bond acceptors (Lipinski definition) is 2. The van der Waals surface area contributed by atoms with E-state index in [9.17, 15) is 9.18 Å². The predicted octanol–water partition coefficient (Wildman–Crippen LogP) is 3.87. The predicted molar refractivity (Wildman–Crippen MR) is 105 cm³/mol. The van der Waals surface area contributed by atoms with E-state index in [-0.39, 0.29) is 11.7 Å². The number of amides is 1. The molecular weight excluding hydrogens is 349 g/mol. The standard InChI is InChI=1S/C20H20FN3OS/c1-11-4-5-12(2)16(10-11)23-19(25)17-13(3)22-20(26)24-18(17)14-6-8-15(21)9-7-14/h4-10,18H,1-3H3,(H,23,25)(H2,22,24,26). The fraction of sp³-hybridized carbons (Fsp3) is 0.200. The maximum Gasteiger partial charge on any atom is 0.255 e. The third-order valence-electron chi connectivity index (χ3n) is 4.36. The molecule has 0 spiro atoms. The zero-order valence-corrected chi connectivity index (χ0v) is 15.6. The molecule has 0 saturated heterocycles. The summed E-state index contributed by atoms with van der Waals surface area (Å²) in [6, 6.07) is 11.5. The number of anilines is 1. The van der Waals surface area contributed by atoms with Crippen molar-refractivity contribution in [1.29, 1.82) is 0 Å². The minimum Gasteiger partial charge on any atom is -0.351 e. The molecule has 4 nitrogen and oxygen atoms in total. The molecule has 3 N–H and O–H groups in total. The van der Waals surface area contributed by atoms with Crippen LogP contribution in [0.25, 0.3) is 0 Å². The second-order valence-electron chi connectivity index (χ2n) is 6.39. The van der Waals surface area contributed by atoms with Crippen LogP contribution >= 0.6 is 12.2 Å². The van der Waals surface area contributed by atoms with Crippen molar-refractivity contribution in [1.82, 2.24) is 10.6 Å². The third-order valence-corrected chi connectivity index (χ3v) is 4.58. The van der Waals surface area contributed by atoms with E-state index in [1.807, 2.05) is 39.0 Å². The summed E-state index contributed by atoms with van der Waals surface area (Å²) in [4.78, 5) is 13.0. The van der Waals surface area contributed by atoms with Crippen molar-refractivity contribution in [2.75, 3.05) is 5.32 Å². The Kier molecular flexibility index (Phi) is 5.04. The van der Waals surface area contributed by atoms with E-state index >= 15 is 0 Å². The molecule has 0 aliphatic carbocycles. The second-order valence-corrected chi connectivity index (χ2v) is 6.80. The number of carbonyl (C=O) groups is 1. The first-order valence-electron chi connectivity index (χ1n) is 8.27. The van der Waals surface area contributed by atoms with Crippen molar-refractivity contribution in [3.63, 3.8) is 0 Å². The molecule has 1 unspecified atom stereocenters. The summed E-state index contributed by atoms with van der Waals surface area (Å²) in [6.45, 7) is 5.73. The maximum atomic E-state index is 13.3. The fourth-order valence-corrected chi connectivity index (χ4v) is 3.23. The summed E-state index contributed by atoms with van der Waals surface area (Å²) >= 11 is 5.23. The van der Waals surface area contributed by atoms with Crippen LogP contribution in [0.3, 0.4) is 0 Å². The molecule has 0 radical (unpaired) electrons. The first-order chi connectivity index (χ1) is 12.3. The molecular formula is C20H20FN3OS. The lowest BCUT2D eigenvalue weighted by Crippen LogP contribution is -2.45. The van der Waals surface area contributed by atoms with Crippen LogP contribution in [0.15, 0.2) is 53.7 Å². The van der Waals surface area contributed by atoms with Crippen LogP contribution in [0.2, 0.25) is 0 Å². The van der Waals surface area contributed by atoms with Crippen molar-refractivity contribution in [3.05, 3.63) is 76.2 Å². The van der Waals surface area contributed by atoms with E-state index in [0.717, 1.165) is 22.4 Å². The number of benzene rings is 2. The number of carbonyl (C=O) groups excluding carboxylic acids is 1. The van der Waals surface area contributed by atoms with Crippen LogP contribution in [-0.4, -0.2) is 11.0 Å². The van der Waals surface area contributed by atoms with Crippen molar-refractivity contribution < 1.29 is 9.18 Å². The highest BCUT2D eigenvalue weighted by Crippen LogP contribution is 2.28. The summed E-state index contributed by atoms with van der Waals surface area (Å²) in [7, 11) is 0. The second kappa shape index (κ2) is 7.25. The van der Waals surface area contributed by atoms with E-state index in [4.69, 9.17) is 12.2 Å². The van der Waals surface area contributed by atoms with Crippen LogP contribution in [-0.2, 0) is 4.79 Å². The van der Waals surface area contributed by atoms with Gasteiger partial charge in [0.25, 0.3) is 5.91 Å². The summed E-state index contributed by atoms with van der Waals surface area (Å²) in [6.07, 6.45) is 0. The molecule has 1 aliphatic heterocycles. The van der Waals surface area contributed by atoms with Gasteiger partial charge in [0.2, 0.25) is 0 Å². The van der Waals surface area contributed by atoms with Gasteiger partial charge in [-0.25, -0.2) is 4.39 Å². The van der Waals surface area contributed by atoms with E-state index in [0.29, 0.717) is 16.4 Å². The summed E-state index contributed by atoms with van der Waals surface area (Å²) < 4.78 is 13.3. The van der Waals surface area contributed by atoms with Crippen LogP contribution in [0, 0.1) is 19.7 Å². The Morgan fingerprint density at radius 2 is 1.81 bits per heavy atom. The van der Waals surface area contributed by atoms with Gasteiger partial charge in [-0.05, 0) is 67.9 Å². The molecule has 2 aromatic carbocycles. The van der Waals surface area contributed by atoms with Gasteiger partial charge in [0.1, 0.15) is 5.82 Å². The zero-order valence-electron chi connectivity index (χ0n) is 14.8. The Morgan fingerprint density at radius 1 is 1.12 bits per heavy atom. The molecule has 134 valence electrons. The average Bonchev–Trinajstić information content (AvgIpc) is 2.58. The van der Waals surface area contributed by atoms with Crippen LogP contribution in [0.4, 0.5) is 10.1 Å². The Bertz CT molecular complexity index is 906. The minimum absolute atomic E-state index is 0.229. The quantitative estimate of drug-likeness (QED) is 0.719. The summed E-state index contributed by atoms with van der Waals surface area (Å²) in [5.41, 5.74) is 4.76. The van der Waals surface area contributed by atoms with E-state index in [1.54, 1.807) is 12.1 Å². The van der Waals surface area contributed by atoms with E-state index in [2.05, 4.69) is 16.0 Å². The first kappa shape index (κ1) is 18.1. The monoisotopic (exact) mass is 369 g/mol. The van der Waals surface area contributed by atoms with Crippen molar-refractivity contribution >= 4 is 28.9 Å². The molecule has 0 bridgehead atoms. The van der Waals surface area contributed by atoms with Gasteiger partial charge in [0.05, 0.1) is 11.6 Å². The lowest BCUT2D eigenvalue weighted by Gasteiger charge is -2.30. The topological polar surface area (TPSA) is 53.2 Å². The van der Waals surface area contributed by atoms with Gasteiger partial charge in [-0.3, -0.25) is 4.79 Å². The normalized spacial score (nSPS) is 16.8. The third kappa shape index (κ3) is 3.75. The number of hydrogen-bond donors (Lipinski definition) is 3. The van der Waals surface area contributed by atoms with E-state index < -0.39 is 6.04 Å². The van der Waals surface area contributed by atoms with Crippen molar-refractivity contribution in [2.45, 2.75) is 26.8 Å². The van der Waals surface area contributed by atoms with Gasteiger partial charge in [-0.1, -0.05) is 24.3 Å². The molecule has 0 aromatic heterocycles.